The maximum atomic E-state index is 11.8. The molecular weight excluding hydrogens is 298 g/mol. The average molecular weight is 310 g/mol. The summed E-state index contributed by atoms with van der Waals surface area (Å²) in [6.07, 6.45) is 3.27. The van der Waals surface area contributed by atoms with Crippen LogP contribution in [0.2, 0.25) is 5.02 Å². The van der Waals surface area contributed by atoms with Crippen molar-refractivity contribution in [3.8, 4) is 5.75 Å². The van der Waals surface area contributed by atoms with Gasteiger partial charge in [0, 0.05) is 18.1 Å². The summed E-state index contributed by atoms with van der Waals surface area (Å²) < 4.78 is 5.04. The van der Waals surface area contributed by atoms with Crippen LogP contribution in [0.15, 0.2) is 41.8 Å². The van der Waals surface area contributed by atoms with Crippen LogP contribution in [0.3, 0.4) is 0 Å². The van der Waals surface area contributed by atoms with Crippen LogP contribution in [0.1, 0.15) is 0 Å². The third-order valence-electron chi connectivity index (χ3n) is 2.31. The van der Waals surface area contributed by atoms with Crippen LogP contribution < -0.4 is 10.1 Å². The van der Waals surface area contributed by atoms with Gasteiger partial charge in [0.15, 0.2) is 5.16 Å². The number of ether oxygens (including phenoxy) is 1. The van der Waals surface area contributed by atoms with E-state index in [0.717, 1.165) is 0 Å². The van der Waals surface area contributed by atoms with Gasteiger partial charge < -0.3 is 10.1 Å². The third kappa shape index (κ3) is 4.11. The van der Waals surface area contributed by atoms with Crippen molar-refractivity contribution in [2.45, 2.75) is 5.16 Å². The molecule has 0 saturated heterocycles. The van der Waals surface area contributed by atoms with Gasteiger partial charge in [0.1, 0.15) is 5.75 Å². The van der Waals surface area contributed by atoms with Gasteiger partial charge in [-0.25, -0.2) is 9.97 Å². The summed E-state index contributed by atoms with van der Waals surface area (Å²) in [5.41, 5.74) is 0.621. The van der Waals surface area contributed by atoms with Gasteiger partial charge in [-0.1, -0.05) is 23.4 Å². The van der Waals surface area contributed by atoms with Gasteiger partial charge in [-0.3, -0.25) is 4.79 Å². The van der Waals surface area contributed by atoms with E-state index in [4.69, 9.17) is 16.3 Å². The lowest BCUT2D eigenvalue weighted by Gasteiger charge is -2.07. The quantitative estimate of drug-likeness (QED) is 0.679. The first kappa shape index (κ1) is 14.6. The molecule has 0 saturated carbocycles. The number of hydrogen-bond acceptors (Lipinski definition) is 5. The largest absolute Gasteiger partial charge is 0.495 e. The van der Waals surface area contributed by atoms with Crippen LogP contribution >= 0.6 is 23.4 Å². The zero-order valence-electron chi connectivity index (χ0n) is 10.7. The highest BCUT2D eigenvalue weighted by Gasteiger charge is 2.07. The molecule has 104 valence electrons. The molecule has 1 amide bonds. The minimum Gasteiger partial charge on any atom is -0.495 e. The van der Waals surface area contributed by atoms with Crippen LogP contribution in [0.25, 0.3) is 0 Å². The second kappa shape index (κ2) is 7.12. The lowest BCUT2D eigenvalue weighted by Crippen LogP contribution is -2.14. The summed E-state index contributed by atoms with van der Waals surface area (Å²) in [4.78, 5) is 19.8. The van der Waals surface area contributed by atoms with E-state index in [0.29, 0.717) is 21.6 Å². The summed E-state index contributed by atoms with van der Waals surface area (Å²) in [5.74, 6) is 0.647. The fourth-order valence-electron chi connectivity index (χ4n) is 1.43. The number of nitrogens with zero attached hydrogens (tertiary/aromatic N) is 2. The molecule has 1 N–H and O–H groups in total. The number of aromatic nitrogens is 2. The third-order valence-corrected chi connectivity index (χ3v) is 3.48. The number of carbonyl (C=O) groups is 1. The molecular formula is C13H12ClN3O2S. The van der Waals surface area contributed by atoms with E-state index in [1.807, 2.05) is 0 Å². The van der Waals surface area contributed by atoms with Gasteiger partial charge in [0.2, 0.25) is 5.91 Å². The molecule has 20 heavy (non-hydrogen) atoms. The Hall–Kier alpha value is -1.79. The number of halogens is 1. The van der Waals surface area contributed by atoms with Crippen LogP contribution in [0.4, 0.5) is 5.69 Å². The zero-order valence-corrected chi connectivity index (χ0v) is 12.2. The number of methoxy groups -OCH3 is 1. The highest BCUT2D eigenvalue weighted by atomic mass is 35.5. The molecule has 0 atom stereocenters. The second-order valence-corrected chi connectivity index (χ2v) is 5.07. The Bertz CT molecular complexity index is 595. The monoisotopic (exact) mass is 309 g/mol. The molecule has 0 unspecified atom stereocenters. The highest BCUT2D eigenvalue weighted by Crippen LogP contribution is 2.27. The fourth-order valence-corrected chi connectivity index (χ4v) is 2.29. The minimum absolute atomic E-state index is 0.149. The Morgan fingerprint density at radius 2 is 2.15 bits per heavy atom. The summed E-state index contributed by atoms with van der Waals surface area (Å²) in [6, 6.07) is 6.79. The molecule has 0 aliphatic carbocycles. The number of hydrogen-bond donors (Lipinski definition) is 1. The maximum absolute atomic E-state index is 11.8. The smallest absolute Gasteiger partial charge is 0.234 e. The van der Waals surface area contributed by atoms with Crippen molar-refractivity contribution in [2.75, 3.05) is 18.2 Å². The average Bonchev–Trinajstić information content (AvgIpc) is 2.46. The molecule has 2 rings (SSSR count). The van der Waals surface area contributed by atoms with Crippen molar-refractivity contribution in [3.63, 3.8) is 0 Å². The van der Waals surface area contributed by atoms with Gasteiger partial charge in [-0.15, -0.1) is 0 Å². The molecule has 5 nitrogen and oxygen atoms in total. The van der Waals surface area contributed by atoms with Crippen molar-refractivity contribution < 1.29 is 9.53 Å². The number of amides is 1. The molecule has 0 bridgehead atoms. The SMILES string of the molecule is COc1ccc(NC(=O)CSc2ncccn2)cc1Cl. The normalized spacial score (nSPS) is 10.1. The minimum atomic E-state index is -0.149. The molecule has 0 radical (unpaired) electrons. The molecule has 0 aliphatic heterocycles. The molecule has 7 heteroatoms. The van der Waals surface area contributed by atoms with Gasteiger partial charge in [-0.05, 0) is 24.3 Å². The van der Waals surface area contributed by atoms with E-state index in [9.17, 15) is 4.79 Å². The molecule has 1 heterocycles. The lowest BCUT2D eigenvalue weighted by atomic mass is 10.3. The second-order valence-electron chi connectivity index (χ2n) is 3.72. The predicted molar refractivity (Wildman–Crippen MR) is 79.4 cm³/mol. The van der Waals surface area contributed by atoms with Crippen molar-refractivity contribution in [3.05, 3.63) is 41.7 Å². The van der Waals surface area contributed by atoms with Crippen LogP contribution in [-0.4, -0.2) is 28.7 Å². The first-order valence-electron chi connectivity index (χ1n) is 5.72. The Kier molecular flexibility index (Phi) is 5.20. The number of nitrogens with one attached hydrogen (secondary N) is 1. The van der Waals surface area contributed by atoms with E-state index in [2.05, 4.69) is 15.3 Å². The first-order chi connectivity index (χ1) is 9.69. The maximum Gasteiger partial charge on any atom is 0.234 e. The standard InChI is InChI=1S/C13H12ClN3O2S/c1-19-11-4-3-9(7-10(11)14)17-12(18)8-20-13-15-5-2-6-16-13/h2-7H,8H2,1H3,(H,17,18). The van der Waals surface area contributed by atoms with E-state index >= 15 is 0 Å². The summed E-state index contributed by atoms with van der Waals surface area (Å²) in [6.45, 7) is 0. The summed E-state index contributed by atoms with van der Waals surface area (Å²) in [5, 5.41) is 3.76. The molecule has 0 spiro atoms. The zero-order chi connectivity index (χ0) is 14.4. The van der Waals surface area contributed by atoms with Gasteiger partial charge >= 0.3 is 0 Å². The van der Waals surface area contributed by atoms with Crippen LogP contribution in [-0.2, 0) is 4.79 Å². The Morgan fingerprint density at radius 3 is 2.80 bits per heavy atom. The predicted octanol–water partition coefficient (Wildman–Crippen LogP) is 2.87. The van der Waals surface area contributed by atoms with E-state index < -0.39 is 0 Å². The molecule has 0 aliphatic rings. The van der Waals surface area contributed by atoms with Gasteiger partial charge in [-0.2, -0.15) is 0 Å². The van der Waals surface area contributed by atoms with Crippen molar-refractivity contribution in [1.29, 1.82) is 0 Å². The first-order valence-corrected chi connectivity index (χ1v) is 7.08. The fraction of sp³-hybridized carbons (Fsp3) is 0.154. The van der Waals surface area contributed by atoms with Crippen molar-refractivity contribution >= 4 is 35.0 Å². The summed E-state index contributed by atoms with van der Waals surface area (Å²) >= 11 is 7.25. The summed E-state index contributed by atoms with van der Waals surface area (Å²) in [7, 11) is 1.54. The molecule has 0 fully saturated rings. The van der Waals surface area contributed by atoms with E-state index in [1.54, 1.807) is 36.7 Å². The lowest BCUT2D eigenvalue weighted by molar-refractivity contribution is -0.113. The van der Waals surface area contributed by atoms with Crippen LogP contribution in [0, 0.1) is 0 Å². The van der Waals surface area contributed by atoms with Crippen molar-refractivity contribution in [1.82, 2.24) is 9.97 Å². The number of rotatable bonds is 5. The van der Waals surface area contributed by atoms with E-state index in [-0.39, 0.29) is 11.7 Å². The number of carbonyl (C=O) groups excluding carboxylic acids is 1. The Balaban J connectivity index is 1.90. The molecule has 2 aromatic rings. The number of thioether (sulfide) groups is 1. The molecule has 1 aromatic carbocycles. The topological polar surface area (TPSA) is 64.1 Å². The number of benzene rings is 1. The Labute approximate surface area is 125 Å². The number of anilines is 1. The van der Waals surface area contributed by atoms with Crippen LogP contribution in [0.5, 0.6) is 5.75 Å². The van der Waals surface area contributed by atoms with E-state index in [1.165, 1.54) is 18.9 Å². The highest BCUT2D eigenvalue weighted by molar-refractivity contribution is 7.99. The van der Waals surface area contributed by atoms with Gasteiger partial charge in [0.25, 0.3) is 0 Å². The van der Waals surface area contributed by atoms with Gasteiger partial charge in [0.05, 0.1) is 17.9 Å². The molecule has 1 aromatic heterocycles. The van der Waals surface area contributed by atoms with Crippen molar-refractivity contribution in [2.24, 2.45) is 0 Å². The Morgan fingerprint density at radius 1 is 1.40 bits per heavy atom.